The van der Waals surface area contributed by atoms with Crippen LogP contribution in [-0.2, 0) is 4.79 Å². The highest BCUT2D eigenvalue weighted by molar-refractivity contribution is 5.73. The second kappa shape index (κ2) is 6.83. The van der Waals surface area contributed by atoms with E-state index in [-0.39, 0.29) is 5.91 Å². The van der Waals surface area contributed by atoms with Gasteiger partial charge < -0.3 is 4.90 Å². The van der Waals surface area contributed by atoms with Gasteiger partial charge in [0.1, 0.15) is 0 Å². The first-order chi connectivity index (χ1) is 8.06. The van der Waals surface area contributed by atoms with Crippen molar-refractivity contribution in [1.82, 2.24) is 4.90 Å². The summed E-state index contributed by atoms with van der Waals surface area (Å²) in [6, 6.07) is 0.341. The third-order valence-corrected chi connectivity index (χ3v) is 3.63. The number of amides is 1. The normalized spacial score (nSPS) is 23.4. The van der Waals surface area contributed by atoms with Gasteiger partial charge in [0.15, 0.2) is 0 Å². The van der Waals surface area contributed by atoms with E-state index in [0.717, 1.165) is 24.8 Å². The van der Waals surface area contributed by atoms with Gasteiger partial charge >= 0.3 is 0 Å². The fourth-order valence-corrected chi connectivity index (χ4v) is 2.44. The fourth-order valence-electron chi connectivity index (χ4n) is 2.44. The first-order valence-electron chi connectivity index (χ1n) is 6.98. The molecule has 17 heavy (non-hydrogen) atoms. The zero-order valence-electron chi connectivity index (χ0n) is 11.8. The van der Waals surface area contributed by atoms with Crippen molar-refractivity contribution in [3.8, 4) is 0 Å². The molecule has 1 fully saturated rings. The Morgan fingerprint density at radius 3 is 2.59 bits per heavy atom. The molecule has 0 aromatic heterocycles. The second-order valence-corrected chi connectivity index (χ2v) is 5.48. The van der Waals surface area contributed by atoms with Gasteiger partial charge in [-0.15, -0.1) is 0 Å². The third kappa shape index (κ3) is 4.93. The van der Waals surface area contributed by atoms with E-state index in [0.29, 0.717) is 6.04 Å². The van der Waals surface area contributed by atoms with Crippen molar-refractivity contribution >= 4 is 5.91 Å². The molecule has 2 atom stereocenters. The standard InChI is InChI=1S/C15H27NO/c1-5-6-7-8-9-14-10-15(14)11-16(12(2)3)13(4)17/h6-7,12,14-15H,5,8-11H2,1-4H3/b7-6-. The van der Waals surface area contributed by atoms with E-state index in [4.69, 9.17) is 0 Å². The molecule has 1 aliphatic rings. The fraction of sp³-hybridized carbons (Fsp3) is 0.800. The van der Waals surface area contributed by atoms with E-state index in [1.807, 2.05) is 4.90 Å². The molecule has 0 aromatic carbocycles. The Hall–Kier alpha value is -0.790. The maximum atomic E-state index is 11.5. The Labute approximate surface area is 106 Å². The number of allylic oxidation sites excluding steroid dienone is 2. The zero-order chi connectivity index (χ0) is 12.8. The molecular weight excluding hydrogens is 210 g/mol. The Kier molecular flexibility index (Phi) is 5.73. The molecule has 2 heteroatoms. The number of hydrogen-bond donors (Lipinski definition) is 0. The first-order valence-corrected chi connectivity index (χ1v) is 6.98. The average molecular weight is 237 g/mol. The second-order valence-electron chi connectivity index (χ2n) is 5.48. The molecule has 0 aromatic rings. The molecule has 1 aliphatic carbocycles. The summed E-state index contributed by atoms with van der Waals surface area (Å²) in [5.41, 5.74) is 0. The van der Waals surface area contributed by atoms with Crippen molar-refractivity contribution in [3.63, 3.8) is 0 Å². The van der Waals surface area contributed by atoms with Crippen LogP contribution in [0.4, 0.5) is 0 Å². The molecule has 1 amide bonds. The van der Waals surface area contributed by atoms with Crippen molar-refractivity contribution < 1.29 is 4.79 Å². The van der Waals surface area contributed by atoms with E-state index >= 15 is 0 Å². The molecule has 2 unspecified atom stereocenters. The van der Waals surface area contributed by atoms with E-state index in [9.17, 15) is 4.79 Å². The van der Waals surface area contributed by atoms with Crippen LogP contribution in [0, 0.1) is 11.8 Å². The highest BCUT2D eigenvalue weighted by Crippen LogP contribution is 2.42. The summed E-state index contributed by atoms with van der Waals surface area (Å²) < 4.78 is 0. The topological polar surface area (TPSA) is 20.3 Å². The predicted molar refractivity (Wildman–Crippen MR) is 72.8 cm³/mol. The van der Waals surface area contributed by atoms with Crippen LogP contribution in [0.5, 0.6) is 0 Å². The average Bonchev–Trinajstić information content (AvgIpc) is 2.99. The zero-order valence-corrected chi connectivity index (χ0v) is 11.8. The molecule has 0 spiro atoms. The number of carbonyl (C=O) groups is 1. The van der Waals surface area contributed by atoms with Crippen LogP contribution in [0.15, 0.2) is 12.2 Å². The largest absolute Gasteiger partial charge is 0.340 e. The van der Waals surface area contributed by atoms with Crippen molar-refractivity contribution in [2.24, 2.45) is 11.8 Å². The first kappa shape index (κ1) is 14.3. The number of rotatable bonds is 7. The smallest absolute Gasteiger partial charge is 0.219 e. The summed E-state index contributed by atoms with van der Waals surface area (Å²) >= 11 is 0. The lowest BCUT2D eigenvalue weighted by Gasteiger charge is -2.25. The highest BCUT2D eigenvalue weighted by Gasteiger charge is 2.38. The maximum Gasteiger partial charge on any atom is 0.219 e. The molecule has 0 bridgehead atoms. The van der Waals surface area contributed by atoms with Gasteiger partial charge in [-0.3, -0.25) is 4.79 Å². The quantitative estimate of drug-likeness (QED) is 0.619. The minimum absolute atomic E-state index is 0.219. The van der Waals surface area contributed by atoms with Crippen LogP contribution in [0.1, 0.15) is 53.4 Å². The summed E-state index contributed by atoms with van der Waals surface area (Å²) in [6.07, 6.45) is 9.49. The lowest BCUT2D eigenvalue weighted by molar-refractivity contribution is -0.130. The monoisotopic (exact) mass is 237 g/mol. The molecule has 0 saturated heterocycles. The number of hydrogen-bond acceptors (Lipinski definition) is 1. The lowest BCUT2D eigenvalue weighted by atomic mass is 10.1. The van der Waals surface area contributed by atoms with Crippen LogP contribution in [0.25, 0.3) is 0 Å². The summed E-state index contributed by atoms with van der Waals surface area (Å²) in [5.74, 6) is 1.84. The van der Waals surface area contributed by atoms with Crippen LogP contribution < -0.4 is 0 Å². The Balaban J connectivity index is 2.22. The van der Waals surface area contributed by atoms with Crippen LogP contribution in [0.2, 0.25) is 0 Å². The van der Waals surface area contributed by atoms with Gasteiger partial charge in [0.25, 0.3) is 0 Å². The predicted octanol–water partition coefficient (Wildman–Crippen LogP) is 3.63. The van der Waals surface area contributed by atoms with Gasteiger partial charge in [-0.2, -0.15) is 0 Å². The van der Waals surface area contributed by atoms with Crippen LogP contribution in [0.3, 0.4) is 0 Å². The molecule has 0 N–H and O–H groups in total. The minimum atomic E-state index is 0.219. The minimum Gasteiger partial charge on any atom is -0.340 e. The van der Waals surface area contributed by atoms with E-state index in [2.05, 4.69) is 32.9 Å². The van der Waals surface area contributed by atoms with Crippen molar-refractivity contribution in [3.05, 3.63) is 12.2 Å². The van der Waals surface area contributed by atoms with E-state index in [1.165, 1.54) is 19.3 Å². The molecule has 0 aliphatic heterocycles. The SMILES string of the molecule is CC/C=C\CCC1CC1CN(C(C)=O)C(C)C. The van der Waals surface area contributed by atoms with Gasteiger partial charge in [-0.25, -0.2) is 0 Å². The van der Waals surface area contributed by atoms with Gasteiger partial charge in [0.2, 0.25) is 5.91 Å². The Bertz CT molecular complexity index is 270. The number of carbonyl (C=O) groups excluding carboxylic acids is 1. The van der Waals surface area contributed by atoms with Crippen LogP contribution in [-0.4, -0.2) is 23.4 Å². The van der Waals surface area contributed by atoms with Crippen molar-refractivity contribution in [2.45, 2.75) is 59.4 Å². The van der Waals surface area contributed by atoms with E-state index < -0.39 is 0 Å². The third-order valence-electron chi connectivity index (χ3n) is 3.63. The molecule has 0 radical (unpaired) electrons. The number of nitrogens with zero attached hydrogens (tertiary/aromatic N) is 1. The summed E-state index contributed by atoms with van der Waals surface area (Å²) in [4.78, 5) is 13.5. The maximum absolute atomic E-state index is 11.5. The molecule has 2 nitrogen and oxygen atoms in total. The molecule has 1 rings (SSSR count). The summed E-state index contributed by atoms with van der Waals surface area (Å²) in [5, 5.41) is 0. The molecular formula is C15H27NO. The molecule has 0 heterocycles. The lowest BCUT2D eigenvalue weighted by Crippen LogP contribution is -2.37. The van der Waals surface area contributed by atoms with Gasteiger partial charge in [0.05, 0.1) is 0 Å². The van der Waals surface area contributed by atoms with Crippen LogP contribution >= 0.6 is 0 Å². The molecule has 98 valence electrons. The van der Waals surface area contributed by atoms with Crippen molar-refractivity contribution in [2.75, 3.05) is 6.54 Å². The summed E-state index contributed by atoms with van der Waals surface area (Å²) in [6.45, 7) is 9.02. The van der Waals surface area contributed by atoms with Crippen molar-refractivity contribution in [1.29, 1.82) is 0 Å². The Morgan fingerprint density at radius 1 is 1.35 bits per heavy atom. The Morgan fingerprint density at radius 2 is 2.06 bits per heavy atom. The van der Waals surface area contributed by atoms with Gasteiger partial charge in [0, 0.05) is 19.5 Å². The van der Waals surface area contributed by atoms with Gasteiger partial charge in [-0.1, -0.05) is 19.1 Å². The highest BCUT2D eigenvalue weighted by atomic mass is 16.2. The molecule has 1 saturated carbocycles. The van der Waals surface area contributed by atoms with E-state index in [1.54, 1.807) is 6.92 Å². The van der Waals surface area contributed by atoms with Gasteiger partial charge in [-0.05, 0) is 51.4 Å². The summed E-state index contributed by atoms with van der Waals surface area (Å²) in [7, 11) is 0.